The molecular weight excluding hydrogens is 277 g/mol. The van der Waals surface area contributed by atoms with Crippen LogP contribution >= 0.6 is 15.9 Å². The average Bonchev–Trinajstić information content (AvgIpc) is 2.48. The predicted molar refractivity (Wildman–Crippen MR) is 59.0 cm³/mol. The number of carbonyl (C=O) groups is 2. The second-order valence-electron chi connectivity index (χ2n) is 3.35. The summed E-state index contributed by atoms with van der Waals surface area (Å²) in [7, 11) is 0. The Bertz CT molecular complexity index is 481. The van der Waals surface area contributed by atoms with Gasteiger partial charge in [0.2, 0.25) is 0 Å². The van der Waals surface area contributed by atoms with Crippen LogP contribution in [0.3, 0.4) is 0 Å². The topological polar surface area (TPSA) is 37.4 Å². The highest BCUT2D eigenvalue weighted by molar-refractivity contribution is 9.12. The zero-order chi connectivity index (χ0) is 11.7. The first-order valence-electron chi connectivity index (χ1n) is 4.55. The molecular formula is C11H7BrFNO2. The van der Waals surface area contributed by atoms with Crippen LogP contribution in [0.4, 0.5) is 4.39 Å². The summed E-state index contributed by atoms with van der Waals surface area (Å²) in [5, 5.41) is 0. The highest BCUT2D eigenvalue weighted by atomic mass is 79.9. The second kappa shape index (κ2) is 4.17. The van der Waals surface area contributed by atoms with E-state index in [0.717, 1.165) is 4.90 Å². The number of nitrogens with zero attached hydrogens (tertiary/aromatic N) is 1. The van der Waals surface area contributed by atoms with Gasteiger partial charge in [0.05, 0.1) is 11.0 Å². The van der Waals surface area contributed by atoms with Crippen LogP contribution in [0.25, 0.3) is 0 Å². The summed E-state index contributed by atoms with van der Waals surface area (Å²) >= 11 is 3.00. The maximum atomic E-state index is 12.7. The normalized spacial score (nSPS) is 15.6. The van der Waals surface area contributed by atoms with Crippen molar-refractivity contribution in [2.75, 3.05) is 0 Å². The van der Waals surface area contributed by atoms with Crippen LogP contribution in [0.1, 0.15) is 5.56 Å². The SMILES string of the molecule is O=C1C=C(Br)C(=O)N1Cc1ccc(F)cc1. The summed E-state index contributed by atoms with van der Waals surface area (Å²) in [5.74, 6) is -1.07. The number of amides is 2. The molecule has 1 heterocycles. The first-order chi connectivity index (χ1) is 7.58. The van der Waals surface area contributed by atoms with Crippen molar-refractivity contribution in [3.8, 4) is 0 Å². The highest BCUT2D eigenvalue weighted by Crippen LogP contribution is 2.20. The third-order valence-electron chi connectivity index (χ3n) is 2.22. The molecule has 0 atom stereocenters. The quantitative estimate of drug-likeness (QED) is 0.779. The van der Waals surface area contributed by atoms with Crippen LogP contribution in [0.5, 0.6) is 0 Å². The van der Waals surface area contributed by atoms with E-state index in [2.05, 4.69) is 15.9 Å². The van der Waals surface area contributed by atoms with Crippen molar-refractivity contribution in [3.63, 3.8) is 0 Å². The van der Waals surface area contributed by atoms with Crippen LogP contribution in [0.15, 0.2) is 34.8 Å². The van der Waals surface area contributed by atoms with Gasteiger partial charge in [0.25, 0.3) is 11.8 Å². The van der Waals surface area contributed by atoms with Gasteiger partial charge >= 0.3 is 0 Å². The minimum absolute atomic E-state index is 0.156. The molecule has 1 aliphatic rings. The maximum Gasteiger partial charge on any atom is 0.268 e. The Kier molecular flexibility index (Phi) is 2.87. The standard InChI is InChI=1S/C11H7BrFNO2/c12-9-5-10(15)14(11(9)16)6-7-1-3-8(13)4-2-7/h1-5H,6H2. The van der Waals surface area contributed by atoms with Gasteiger partial charge in [-0.1, -0.05) is 12.1 Å². The zero-order valence-corrected chi connectivity index (χ0v) is 9.70. The molecule has 3 nitrogen and oxygen atoms in total. The fourth-order valence-corrected chi connectivity index (χ4v) is 1.81. The van der Waals surface area contributed by atoms with Crippen molar-refractivity contribution in [2.45, 2.75) is 6.54 Å². The van der Waals surface area contributed by atoms with E-state index >= 15 is 0 Å². The lowest BCUT2D eigenvalue weighted by atomic mass is 10.2. The van der Waals surface area contributed by atoms with E-state index < -0.39 is 0 Å². The molecule has 0 spiro atoms. The van der Waals surface area contributed by atoms with Gasteiger partial charge in [-0.05, 0) is 33.6 Å². The van der Waals surface area contributed by atoms with E-state index in [-0.39, 0.29) is 28.7 Å². The predicted octanol–water partition coefficient (Wildman–Crippen LogP) is 1.97. The Labute approximate surface area is 99.7 Å². The number of hydrogen-bond acceptors (Lipinski definition) is 2. The molecule has 82 valence electrons. The Balaban J connectivity index is 2.15. The second-order valence-corrected chi connectivity index (χ2v) is 4.20. The minimum Gasteiger partial charge on any atom is -0.270 e. The fraction of sp³-hybridized carbons (Fsp3) is 0.0909. The van der Waals surface area contributed by atoms with E-state index in [9.17, 15) is 14.0 Å². The molecule has 0 aromatic heterocycles. The Morgan fingerprint density at radius 1 is 1.19 bits per heavy atom. The Hall–Kier alpha value is -1.49. The summed E-state index contributed by atoms with van der Waals surface area (Å²) in [5.41, 5.74) is 0.707. The molecule has 0 saturated carbocycles. The van der Waals surface area contributed by atoms with Gasteiger partial charge in [-0.3, -0.25) is 14.5 Å². The minimum atomic E-state index is -0.366. The molecule has 2 rings (SSSR count). The molecule has 0 fully saturated rings. The average molecular weight is 284 g/mol. The van der Waals surface area contributed by atoms with E-state index in [1.54, 1.807) is 12.1 Å². The molecule has 0 aliphatic carbocycles. The van der Waals surface area contributed by atoms with Crippen LogP contribution in [0.2, 0.25) is 0 Å². The fourth-order valence-electron chi connectivity index (χ4n) is 1.40. The van der Waals surface area contributed by atoms with E-state index in [0.29, 0.717) is 5.56 Å². The molecule has 0 radical (unpaired) electrons. The smallest absolute Gasteiger partial charge is 0.268 e. The Morgan fingerprint density at radius 2 is 1.81 bits per heavy atom. The molecule has 1 aromatic rings. The molecule has 1 aromatic carbocycles. The lowest BCUT2D eigenvalue weighted by molar-refractivity contribution is -0.137. The number of hydrogen-bond donors (Lipinski definition) is 0. The number of carbonyl (C=O) groups excluding carboxylic acids is 2. The van der Waals surface area contributed by atoms with Gasteiger partial charge < -0.3 is 0 Å². The summed E-state index contributed by atoms with van der Waals surface area (Å²) in [6.45, 7) is 0.156. The molecule has 0 N–H and O–H groups in total. The molecule has 0 bridgehead atoms. The molecule has 2 amide bonds. The van der Waals surface area contributed by atoms with Gasteiger partial charge in [0.1, 0.15) is 5.82 Å². The van der Waals surface area contributed by atoms with Gasteiger partial charge in [0.15, 0.2) is 0 Å². The third kappa shape index (κ3) is 2.04. The summed E-state index contributed by atoms with van der Waals surface area (Å²) < 4.78 is 12.9. The third-order valence-corrected chi connectivity index (χ3v) is 2.79. The zero-order valence-electron chi connectivity index (χ0n) is 8.11. The first-order valence-corrected chi connectivity index (χ1v) is 5.34. The summed E-state index contributed by atoms with van der Waals surface area (Å²) in [4.78, 5) is 24.0. The number of imide groups is 1. The number of benzene rings is 1. The number of rotatable bonds is 2. The van der Waals surface area contributed by atoms with Crippen molar-refractivity contribution in [2.24, 2.45) is 0 Å². The molecule has 0 saturated heterocycles. The first kappa shape index (κ1) is 11.0. The lowest BCUT2D eigenvalue weighted by Gasteiger charge is -2.13. The molecule has 16 heavy (non-hydrogen) atoms. The highest BCUT2D eigenvalue weighted by Gasteiger charge is 2.29. The van der Waals surface area contributed by atoms with Crippen LogP contribution in [-0.4, -0.2) is 16.7 Å². The maximum absolute atomic E-state index is 12.7. The van der Waals surface area contributed by atoms with E-state index in [1.165, 1.54) is 18.2 Å². The Morgan fingerprint density at radius 3 is 2.31 bits per heavy atom. The van der Waals surface area contributed by atoms with Crippen molar-refractivity contribution in [1.29, 1.82) is 0 Å². The summed E-state index contributed by atoms with van der Waals surface area (Å²) in [6, 6.07) is 5.68. The van der Waals surface area contributed by atoms with Gasteiger partial charge in [-0.25, -0.2) is 4.39 Å². The van der Waals surface area contributed by atoms with Crippen molar-refractivity contribution < 1.29 is 14.0 Å². The monoisotopic (exact) mass is 283 g/mol. The lowest BCUT2D eigenvalue weighted by Crippen LogP contribution is -2.29. The number of halogens is 2. The van der Waals surface area contributed by atoms with Crippen LogP contribution in [-0.2, 0) is 16.1 Å². The largest absolute Gasteiger partial charge is 0.270 e. The summed E-state index contributed by atoms with van der Waals surface area (Å²) in [6.07, 6.45) is 1.23. The van der Waals surface area contributed by atoms with Crippen molar-refractivity contribution >= 4 is 27.7 Å². The van der Waals surface area contributed by atoms with Gasteiger partial charge in [0, 0.05) is 6.08 Å². The van der Waals surface area contributed by atoms with E-state index in [4.69, 9.17) is 0 Å². The van der Waals surface area contributed by atoms with Crippen LogP contribution in [0, 0.1) is 5.82 Å². The van der Waals surface area contributed by atoms with Gasteiger partial charge in [-0.15, -0.1) is 0 Å². The molecule has 5 heteroatoms. The van der Waals surface area contributed by atoms with Gasteiger partial charge in [-0.2, -0.15) is 0 Å². The van der Waals surface area contributed by atoms with Crippen molar-refractivity contribution in [3.05, 3.63) is 46.2 Å². The molecule has 0 unspecified atom stereocenters. The van der Waals surface area contributed by atoms with E-state index in [1.807, 2.05) is 0 Å². The van der Waals surface area contributed by atoms with Crippen LogP contribution < -0.4 is 0 Å². The molecule has 1 aliphatic heterocycles. The van der Waals surface area contributed by atoms with Crippen molar-refractivity contribution in [1.82, 2.24) is 4.90 Å².